The Labute approximate surface area is 71.9 Å². The highest BCUT2D eigenvalue weighted by atomic mass is 16.6. The van der Waals surface area contributed by atoms with Crippen molar-refractivity contribution < 1.29 is 9.53 Å². The zero-order chi connectivity index (χ0) is 8.39. The fourth-order valence-corrected chi connectivity index (χ4v) is 1.46. The van der Waals surface area contributed by atoms with E-state index in [1.807, 2.05) is 0 Å². The molecule has 2 aliphatic heterocycles. The van der Waals surface area contributed by atoms with E-state index in [2.05, 4.69) is 5.32 Å². The molecule has 68 valence electrons. The van der Waals surface area contributed by atoms with E-state index in [0.717, 1.165) is 39.0 Å². The quantitative estimate of drug-likeness (QED) is 0.611. The van der Waals surface area contributed by atoms with Crippen LogP contribution >= 0.6 is 0 Å². The summed E-state index contributed by atoms with van der Waals surface area (Å²) < 4.78 is 5.19. The molecule has 2 heterocycles. The summed E-state index contributed by atoms with van der Waals surface area (Å²) in [4.78, 5) is 13.1. The van der Waals surface area contributed by atoms with Crippen LogP contribution in [0.4, 0.5) is 4.79 Å². The first-order chi connectivity index (χ1) is 5.86. The van der Waals surface area contributed by atoms with Crippen molar-refractivity contribution in [1.82, 2.24) is 10.2 Å². The molecule has 0 aromatic rings. The van der Waals surface area contributed by atoms with Gasteiger partial charge in [-0.2, -0.15) is 0 Å². The summed E-state index contributed by atoms with van der Waals surface area (Å²) in [5.41, 5.74) is 0. The van der Waals surface area contributed by atoms with Crippen LogP contribution in [-0.4, -0.2) is 43.3 Å². The van der Waals surface area contributed by atoms with E-state index >= 15 is 0 Å². The van der Waals surface area contributed by atoms with Gasteiger partial charge >= 0.3 is 6.09 Å². The zero-order valence-corrected chi connectivity index (χ0v) is 7.08. The van der Waals surface area contributed by atoms with Gasteiger partial charge < -0.3 is 15.0 Å². The smallest absolute Gasteiger partial charge is 0.410 e. The number of nitrogens with one attached hydrogen (secondary N) is 1. The molecular formula is C8H14N2O2. The molecular weight excluding hydrogens is 156 g/mol. The Bertz CT molecular complexity index is 174. The molecule has 4 nitrogen and oxygen atoms in total. The van der Waals surface area contributed by atoms with Crippen LogP contribution in [0.2, 0.25) is 0 Å². The van der Waals surface area contributed by atoms with Crippen LogP contribution in [0, 0.1) is 0 Å². The van der Waals surface area contributed by atoms with Crippen molar-refractivity contribution in [2.75, 3.05) is 26.2 Å². The third kappa shape index (κ3) is 1.53. The molecule has 0 unspecified atom stereocenters. The van der Waals surface area contributed by atoms with E-state index in [1.165, 1.54) is 0 Å². The highest BCUT2D eigenvalue weighted by Crippen LogP contribution is 2.10. The molecule has 0 radical (unpaired) electrons. The summed E-state index contributed by atoms with van der Waals surface area (Å²) in [6, 6.07) is 0. The molecule has 12 heavy (non-hydrogen) atoms. The third-order valence-corrected chi connectivity index (χ3v) is 2.38. The maximum atomic E-state index is 11.3. The first-order valence-corrected chi connectivity index (χ1v) is 4.52. The van der Waals surface area contributed by atoms with Gasteiger partial charge in [0.25, 0.3) is 0 Å². The number of hydrogen-bond acceptors (Lipinski definition) is 3. The van der Waals surface area contributed by atoms with Gasteiger partial charge in [-0.15, -0.1) is 0 Å². The van der Waals surface area contributed by atoms with Crippen molar-refractivity contribution in [1.29, 1.82) is 0 Å². The molecule has 1 N–H and O–H groups in total. The van der Waals surface area contributed by atoms with E-state index in [4.69, 9.17) is 4.74 Å². The molecule has 0 bridgehead atoms. The van der Waals surface area contributed by atoms with E-state index in [-0.39, 0.29) is 12.2 Å². The second-order valence-electron chi connectivity index (χ2n) is 3.36. The largest absolute Gasteiger partial charge is 0.443 e. The van der Waals surface area contributed by atoms with Crippen LogP contribution < -0.4 is 5.32 Å². The molecule has 4 heteroatoms. The molecule has 2 fully saturated rings. The molecule has 2 rings (SSSR count). The Balaban J connectivity index is 1.74. The van der Waals surface area contributed by atoms with Gasteiger partial charge in [-0.25, -0.2) is 4.79 Å². The van der Waals surface area contributed by atoms with E-state index in [0.29, 0.717) is 0 Å². The predicted molar refractivity (Wildman–Crippen MR) is 43.9 cm³/mol. The van der Waals surface area contributed by atoms with Gasteiger partial charge in [-0.05, 0) is 12.8 Å². The molecule has 2 saturated heterocycles. The predicted octanol–water partition coefficient (Wildman–Crippen LogP) is 0.191. The van der Waals surface area contributed by atoms with Gasteiger partial charge in [0.2, 0.25) is 0 Å². The molecule has 0 saturated carbocycles. The number of rotatable bonds is 1. The maximum absolute atomic E-state index is 11.3. The molecule has 0 aromatic carbocycles. The number of ether oxygens (including phenoxy) is 1. The van der Waals surface area contributed by atoms with Crippen LogP contribution in [-0.2, 0) is 4.74 Å². The molecule has 0 spiro atoms. The first-order valence-electron chi connectivity index (χ1n) is 4.52. The van der Waals surface area contributed by atoms with Gasteiger partial charge in [0.05, 0.1) is 0 Å². The van der Waals surface area contributed by atoms with Gasteiger partial charge in [-0.3, -0.25) is 0 Å². The summed E-state index contributed by atoms with van der Waals surface area (Å²) >= 11 is 0. The van der Waals surface area contributed by atoms with Gasteiger partial charge in [0.1, 0.15) is 6.10 Å². The number of carbonyl (C=O) groups excluding carboxylic acids is 1. The maximum Gasteiger partial charge on any atom is 0.410 e. The van der Waals surface area contributed by atoms with E-state index in [9.17, 15) is 4.79 Å². The Morgan fingerprint density at radius 2 is 2.00 bits per heavy atom. The van der Waals surface area contributed by atoms with Crippen molar-refractivity contribution in [3.8, 4) is 0 Å². The topological polar surface area (TPSA) is 41.6 Å². The van der Waals surface area contributed by atoms with Crippen molar-refractivity contribution in [2.45, 2.75) is 18.9 Å². The number of carbonyl (C=O) groups is 1. The summed E-state index contributed by atoms with van der Waals surface area (Å²) in [7, 11) is 0. The average molecular weight is 170 g/mol. The van der Waals surface area contributed by atoms with Crippen molar-refractivity contribution >= 4 is 6.09 Å². The minimum Gasteiger partial charge on any atom is -0.443 e. The summed E-state index contributed by atoms with van der Waals surface area (Å²) in [6.07, 6.45) is 2.24. The monoisotopic (exact) mass is 170 g/mol. The zero-order valence-electron chi connectivity index (χ0n) is 7.08. The van der Waals surface area contributed by atoms with Crippen molar-refractivity contribution in [3.63, 3.8) is 0 Å². The lowest BCUT2D eigenvalue weighted by Gasteiger charge is -2.28. The SMILES string of the molecule is O=C(OC1CNC1)N1CCCC1. The second-order valence-corrected chi connectivity index (χ2v) is 3.36. The summed E-state index contributed by atoms with van der Waals surface area (Å²) in [5.74, 6) is 0. The summed E-state index contributed by atoms with van der Waals surface area (Å²) in [5, 5.41) is 3.06. The lowest BCUT2D eigenvalue weighted by atomic mass is 10.2. The Kier molecular flexibility index (Phi) is 2.17. The number of likely N-dealkylation sites (tertiary alicyclic amines) is 1. The lowest BCUT2D eigenvalue weighted by Crippen LogP contribution is -2.50. The van der Waals surface area contributed by atoms with Crippen LogP contribution in [0.3, 0.4) is 0 Å². The minimum atomic E-state index is -0.126. The lowest BCUT2D eigenvalue weighted by molar-refractivity contribution is 0.0438. The standard InChI is InChI=1S/C8H14N2O2/c11-8(10-3-1-2-4-10)12-7-5-9-6-7/h7,9H,1-6H2. The van der Waals surface area contributed by atoms with Crippen LogP contribution in [0.5, 0.6) is 0 Å². The van der Waals surface area contributed by atoms with Crippen LogP contribution in [0.25, 0.3) is 0 Å². The Morgan fingerprint density at radius 1 is 1.33 bits per heavy atom. The number of nitrogens with zero attached hydrogens (tertiary/aromatic N) is 1. The van der Waals surface area contributed by atoms with Gasteiger partial charge in [-0.1, -0.05) is 0 Å². The highest BCUT2D eigenvalue weighted by Gasteiger charge is 2.25. The van der Waals surface area contributed by atoms with E-state index < -0.39 is 0 Å². The Morgan fingerprint density at radius 3 is 2.50 bits per heavy atom. The average Bonchev–Trinajstić information content (AvgIpc) is 2.47. The molecule has 1 amide bonds. The van der Waals surface area contributed by atoms with Crippen molar-refractivity contribution in [3.05, 3.63) is 0 Å². The highest BCUT2D eigenvalue weighted by molar-refractivity contribution is 5.68. The number of hydrogen-bond donors (Lipinski definition) is 1. The first kappa shape index (κ1) is 7.86. The fraction of sp³-hybridized carbons (Fsp3) is 0.875. The fourth-order valence-electron chi connectivity index (χ4n) is 1.46. The second kappa shape index (κ2) is 3.31. The molecule has 2 aliphatic rings. The summed E-state index contributed by atoms with van der Waals surface area (Å²) in [6.45, 7) is 3.39. The third-order valence-electron chi connectivity index (χ3n) is 2.38. The molecule has 0 aromatic heterocycles. The minimum absolute atomic E-state index is 0.123. The van der Waals surface area contributed by atoms with Crippen molar-refractivity contribution in [2.24, 2.45) is 0 Å². The Hall–Kier alpha value is -0.770. The van der Waals surface area contributed by atoms with Crippen LogP contribution in [0.1, 0.15) is 12.8 Å². The van der Waals surface area contributed by atoms with Gasteiger partial charge in [0.15, 0.2) is 0 Å². The van der Waals surface area contributed by atoms with Crippen LogP contribution in [0.15, 0.2) is 0 Å². The van der Waals surface area contributed by atoms with E-state index in [1.54, 1.807) is 4.90 Å². The number of amides is 1. The van der Waals surface area contributed by atoms with Gasteiger partial charge in [0, 0.05) is 26.2 Å². The molecule has 0 aliphatic carbocycles. The molecule has 0 atom stereocenters. The normalized spacial score (nSPS) is 23.8.